The molecule has 5 atom stereocenters. The van der Waals surface area contributed by atoms with E-state index in [1.54, 1.807) is 0 Å². The Balaban J connectivity index is 1.47. The van der Waals surface area contributed by atoms with E-state index < -0.39 is 5.54 Å². The van der Waals surface area contributed by atoms with Gasteiger partial charge in [-0.05, 0) is 56.2 Å². The molecule has 3 N–H and O–H groups in total. The second-order valence-corrected chi connectivity index (χ2v) is 8.43. The van der Waals surface area contributed by atoms with Gasteiger partial charge in [-0.3, -0.25) is 4.79 Å². The third kappa shape index (κ3) is 1.23. The summed E-state index contributed by atoms with van der Waals surface area (Å²) in [4.78, 5) is 12.4. The molecule has 4 rings (SSSR count). The summed E-state index contributed by atoms with van der Waals surface area (Å²) in [5.74, 6) is 1.86. The van der Waals surface area contributed by atoms with Crippen molar-refractivity contribution in [1.82, 2.24) is 4.72 Å². The number of nitrogens with one attached hydrogen (secondary N) is 1. The Bertz CT molecular complexity index is 445. The van der Waals surface area contributed by atoms with Gasteiger partial charge >= 0.3 is 0 Å². The molecule has 0 aliphatic heterocycles. The molecular formula is C13H20N2OS. The third-order valence-electron chi connectivity index (χ3n) is 5.37. The number of nitrogens with two attached hydrogens (primary N) is 1. The molecule has 0 bridgehead atoms. The van der Waals surface area contributed by atoms with Gasteiger partial charge in [0.05, 0.1) is 0 Å². The number of carbonyl (C=O) groups is 1. The van der Waals surface area contributed by atoms with Crippen LogP contribution in [-0.4, -0.2) is 22.1 Å². The Kier molecular flexibility index (Phi) is 1.84. The molecule has 4 heteroatoms. The molecule has 0 aromatic rings. The minimum absolute atomic E-state index is 0.0219. The minimum Gasteiger partial charge on any atom is -0.317 e. The fraction of sp³-hybridized carbons (Fsp3) is 0.846. The Morgan fingerprint density at radius 2 is 2.29 bits per heavy atom. The second-order valence-electron chi connectivity index (χ2n) is 6.35. The maximum absolute atomic E-state index is 12.4. The van der Waals surface area contributed by atoms with Gasteiger partial charge < -0.3 is 10.5 Å². The molecule has 4 fully saturated rings. The van der Waals surface area contributed by atoms with Crippen LogP contribution >= 0.6 is 10.7 Å². The molecule has 94 valence electrons. The molecule has 0 aromatic carbocycles. The zero-order valence-electron chi connectivity index (χ0n) is 10.2. The lowest BCUT2D eigenvalue weighted by molar-refractivity contribution is -0.122. The van der Waals surface area contributed by atoms with E-state index in [9.17, 15) is 4.79 Å². The molecule has 4 aliphatic carbocycles. The average Bonchev–Trinajstić information content (AvgIpc) is 3.10. The van der Waals surface area contributed by atoms with Gasteiger partial charge in [-0.25, -0.2) is 0 Å². The summed E-state index contributed by atoms with van der Waals surface area (Å²) in [6.45, 7) is 2.05. The standard InChI is InChI=1S/C13H20N2OS/c1-2-17(9-3-4-9)15-11(16)13(14)7-12(13)6-8-5-10(8)12/h2,8-10H,3-7,14H2,1H3,(H,15,16)/t8?,10?,12?,13-,17?/m0/s1. The molecule has 4 unspecified atom stereocenters. The van der Waals surface area contributed by atoms with Crippen molar-refractivity contribution < 1.29 is 4.79 Å². The molecule has 4 aliphatic rings. The van der Waals surface area contributed by atoms with E-state index in [4.69, 9.17) is 5.73 Å². The quantitative estimate of drug-likeness (QED) is 0.746. The summed E-state index contributed by atoms with van der Waals surface area (Å²) in [5, 5.41) is 2.85. The zero-order valence-corrected chi connectivity index (χ0v) is 11.1. The van der Waals surface area contributed by atoms with Gasteiger partial charge in [0.1, 0.15) is 5.54 Å². The largest absolute Gasteiger partial charge is 0.317 e. The minimum atomic E-state index is -0.506. The third-order valence-corrected chi connectivity index (χ3v) is 7.49. The Hall–Kier alpha value is -0.350. The first-order chi connectivity index (χ1) is 8.11. The summed E-state index contributed by atoms with van der Waals surface area (Å²) in [7, 11) is -0.0219. The lowest BCUT2D eigenvalue weighted by Gasteiger charge is -2.29. The number of carbonyl (C=O) groups excluding carboxylic acids is 1. The van der Waals surface area contributed by atoms with E-state index in [0.29, 0.717) is 5.25 Å². The molecule has 4 saturated carbocycles. The molecule has 0 radical (unpaired) electrons. The highest BCUT2D eigenvalue weighted by Gasteiger charge is 2.83. The number of hydrogen-bond donors (Lipinski definition) is 2. The van der Waals surface area contributed by atoms with Crippen molar-refractivity contribution in [3.05, 3.63) is 0 Å². The molecule has 3 nitrogen and oxygen atoms in total. The van der Waals surface area contributed by atoms with E-state index >= 15 is 0 Å². The normalized spacial score (nSPS) is 51.6. The lowest BCUT2D eigenvalue weighted by Crippen LogP contribution is -2.48. The SMILES string of the molecule is C/C=S(/NC(=O)[C@@]1(N)CC12CC1CC12)C1CC1. The predicted octanol–water partition coefficient (Wildman–Crippen LogP) is 1.40. The molecule has 0 heterocycles. The van der Waals surface area contributed by atoms with Crippen molar-refractivity contribution in [3.63, 3.8) is 0 Å². The smallest absolute Gasteiger partial charge is 0.250 e. The summed E-state index contributed by atoms with van der Waals surface area (Å²) < 4.78 is 3.20. The van der Waals surface area contributed by atoms with Crippen LogP contribution in [0.5, 0.6) is 0 Å². The summed E-state index contributed by atoms with van der Waals surface area (Å²) in [6, 6.07) is 0. The van der Waals surface area contributed by atoms with Gasteiger partial charge in [0, 0.05) is 10.7 Å². The first-order valence-corrected chi connectivity index (χ1v) is 8.07. The predicted molar refractivity (Wildman–Crippen MR) is 70.7 cm³/mol. The Labute approximate surface area is 105 Å². The molecule has 0 aromatic heterocycles. The van der Waals surface area contributed by atoms with Crippen LogP contribution in [0.15, 0.2) is 0 Å². The van der Waals surface area contributed by atoms with Gasteiger partial charge in [0.15, 0.2) is 0 Å². The van der Waals surface area contributed by atoms with Crippen molar-refractivity contribution in [1.29, 1.82) is 0 Å². The van der Waals surface area contributed by atoms with Crippen molar-refractivity contribution in [2.45, 2.75) is 49.8 Å². The van der Waals surface area contributed by atoms with Crippen LogP contribution in [0.2, 0.25) is 0 Å². The van der Waals surface area contributed by atoms with Crippen LogP contribution in [-0.2, 0) is 4.79 Å². The number of rotatable bonds is 3. The maximum atomic E-state index is 12.4. The summed E-state index contributed by atoms with van der Waals surface area (Å²) in [5.41, 5.74) is 6.07. The molecule has 17 heavy (non-hydrogen) atoms. The fourth-order valence-electron chi connectivity index (χ4n) is 3.94. The second kappa shape index (κ2) is 2.97. The molecule has 1 spiro atoms. The lowest BCUT2D eigenvalue weighted by atomic mass is 9.78. The highest BCUT2D eigenvalue weighted by molar-refractivity contribution is 8.14. The summed E-state index contributed by atoms with van der Waals surface area (Å²) >= 11 is 0. The zero-order chi connectivity index (χ0) is 11.8. The summed E-state index contributed by atoms with van der Waals surface area (Å²) in [6.07, 6.45) is 6.02. The first kappa shape index (κ1) is 10.6. The fourth-order valence-corrected chi connectivity index (χ4v) is 5.65. The van der Waals surface area contributed by atoms with Gasteiger partial charge in [0.25, 0.3) is 0 Å². The van der Waals surface area contributed by atoms with Crippen molar-refractivity contribution >= 4 is 21.9 Å². The van der Waals surface area contributed by atoms with Gasteiger partial charge in [-0.2, -0.15) is 0 Å². The van der Waals surface area contributed by atoms with E-state index in [1.807, 2.05) is 6.92 Å². The molecule has 1 amide bonds. The number of amides is 1. The maximum Gasteiger partial charge on any atom is 0.250 e. The Morgan fingerprint density at radius 3 is 2.76 bits per heavy atom. The molecular weight excluding hydrogens is 232 g/mol. The van der Waals surface area contributed by atoms with Crippen LogP contribution in [0.25, 0.3) is 0 Å². The van der Waals surface area contributed by atoms with Gasteiger partial charge in [-0.1, -0.05) is 10.7 Å². The number of hydrogen-bond acceptors (Lipinski definition) is 2. The monoisotopic (exact) mass is 252 g/mol. The Morgan fingerprint density at radius 1 is 1.53 bits per heavy atom. The van der Waals surface area contributed by atoms with Crippen molar-refractivity contribution in [2.24, 2.45) is 23.0 Å². The van der Waals surface area contributed by atoms with Crippen molar-refractivity contribution in [3.8, 4) is 0 Å². The van der Waals surface area contributed by atoms with Crippen LogP contribution in [0.4, 0.5) is 0 Å². The highest BCUT2D eigenvalue weighted by atomic mass is 32.2. The molecule has 0 saturated heterocycles. The van der Waals surface area contributed by atoms with Crippen molar-refractivity contribution in [2.75, 3.05) is 0 Å². The van der Waals surface area contributed by atoms with E-state index in [-0.39, 0.29) is 22.0 Å². The van der Waals surface area contributed by atoms with Crippen LogP contribution < -0.4 is 10.5 Å². The van der Waals surface area contributed by atoms with E-state index in [1.165, 1.54) is 25.7 Å². The van der Waals surface area contributed by atoms with Gasteiger partial charge in [-0.15, -0.1) is 0 Å². The highest BCUT2D eigenvalue weighted by Crippen LogP contribution is 2.81. The topological polar surface area (TPSA) is 55.1 Å². The van der Waals surface area contributed by atoms with Gasteiger partial charge in [0.2, 0.25) is 5.91 Å². The van der Waals surface area contributed by atoms with Crippen LogP contribution in [0, 0.1) is 17.3 Å². The average molecular weight is 252 g/mol. The van der Waals surface area contributed by atoms with Crippen LogP contribution in [0.3, 0.4) is 0 Å². The van der Waals surface area contributed by atoms with Crippen LogP contribution in [0.1, 0.15) is 39.0 Å². The van der Waals surface area contributed by atoms with E-state index in [2.05, 4.69) is 10.1 Å². The van der Waals surface area contributed by atoms with E-state index in [0.717, 1.165) is 18.3 Å². The number of fused-ring (bicyclic) bond motifs is 2. The first-order valence-electron chi connectivity index (χ1n) is 6.72.